The lowest BCUT2D eigenvalue weighted by atomic mass is 10.2. The fourth-order valence-electron chi connectivity index (χ4n) is 1.60. The van der Waals surface area contributed by atoms with Gasteiger partial charge in [0.25, 0.3) is 0 Å². The predicted molar refractivity (Wildman–Crippen MR) is 78.5 cm³/mol. The highest BCUT2D eigenvalue weighted by molar-refractivity contribution is 7.86. The van der Waals surface area contributed by atoms with Gasteiger partial charge in [-0.15, -0.1) is 0 Å². The summed E-state index contributed by atoms with van der Waals surface area (Å²) in [6, 6.07) is 0. The van der Waals surface area contributed by atoms with E-state index in [1.807, 2.05) is 0 Å². The molecule has 0 rings (SSSR count). The number of nitrogens with one attached hydrogen (secondary N) is 1. The monoisotopic (exact) mass is 462 g/mol. The van der Waals surface area contributed by atoms with E-state index in [1.165, 1.54) is 6.92 Å². The first-order chi connectivity index (χ1) is 12.9. The van der Waals surface area contributed by atoms with Crippen molar-refractivity contribution in [2.24, 2.45) is 0 Å². The zero-order valence-corrected chi connectivity index (χ0v) is 15.3. The maximum Gasteiger partial charge on any atom is 0.466 e. The summed E-state index contributed by atoms with van der Waals surface area (Å²) in [5.74, 6) is -14.3. The molecule has 0 aliphatic carbocycles. The fraction of sp³-hybridized carbons (Fsp3) is 0.692. The van der Waals surface area contributed by atoms with Gasteiger partial charge in [0.1, 0.15) is 0 Å². The Balaban J connectivity index is 5.86. The Morgan fingerprint density at radius 3 is 2.03 bits per heavy atom. The summed E-state index contributed by atoms with van der Waals surface area (Å²) in [6.07, 6.45) is -8.08. The zero-order valence-electron chi connectivity index (χ0n) is 14.5. The van der Waals surface area contributed by atoms with Crippen LogP contribution in [0.1, 0.15) is 19.8 Å². The van der Waals surface area contributed by atoms with E-state index in [4.69, 9.17) is 0 Å². The van der Waals surface area contributed by atoms with E-state index < -0.39 is 64.7 Å². The van der Waals surface area contributed by atoms with Gasteiger partial charge in [-0.2, -0.15) is 30.7 Å². The number of amides is 1. The fourth-order valence-corrected chi connectivity index (χ4v) is 2.07. The highest BCUT2D eigenvalue weighted by Gasteiger charge is 2.67. The molecule has 0 aliphatic heterocycles. The van der Waals surface area contributed by atoms with Crippen LogP contribution in [0, 0.1) is 0 Å². The summed E-state index contributed by atoms with van der Waals surface area (Å²) in [6.45, 7) is 1.72. The van der Waals surface area contributed by atoms with Crippen LogP contribution < -0.4 is 5.32 Å². The van der Waals surface area contributed by atoms with Crippen LogP contribution in [0.25, 0.3) is 0 Å². The maximum atomic E-state index is 13.4. The van der Waals surface area contributed by atoms with Gasteiger partial charge in [-0.25, -0.2) is 13.2 Å². The summed E-state index contributed by atoms with van der Waals surface area (Å²) < 4.78 is 132. The van der Waals surface area contributed by atoms with Gasteiger partial charge in [-0.1, -0.05) is 13.5 Å². The molecule has 1 amide bonds. The first kappa shape index (κ1) is 27.1. The first-order valence-electron chi connectivity index (χ1n) is 7.45. The summed E-state index contributed by atoms with van der Waals surface area (Å²) in [7, 11) is -6.89. The van der Waals surface area contributed by atoms with E-state index in [2.05, 4.69) is 16.1 Å². The number of halogens is 7. The molecule has 1 N–H and O–H groups in total. The minimum Gasteiger partial charge on any atom is -0.743 e. The van der Waals surface area contributed by atoms with E-state index in [0.29, 0.717) is 0 Å². The molecule has 0 fully saturated rings. The molecule has 0 saturated carbocycles. The van der Waals surface area contributed by atoms with E-state index >= 15 is 0 Å². The third-order valence-electron chi connectivity index (χ3n) is 3.08. The van der Waals surface area contributed by atoms with Gasteiger partial charge in [0.15, 0.2) is 10.1 Å². The second kappa shape index (κ2) is 9.25. The third kappa shape index (κ3) is 6.02. The van der Waals surface area contributed by atoms with Gasteiger partial charge >= 0.3 is 35.0 Å². The van der Waals surface area contributed by atoms with Crippen molar-refractivity contribution in [2.75, 3.05) is 13.2 Å². The lowest BCUT2D eigenvalue weighted by Crippen LogP contribution is -2.62. The van der Waals surface area contributed by atoms with Crippen molar-refractivity contribution in [3.8, 4) is 0 Å². The average molecular weight is 462 g/mol. The van der Waals surface area contributed by atoms with Crippen LogP contribution in [0.5, 0.6) is 0 Å². The van der Waals surface area contributed by atoms with Gasteiger partial charge in [0, 0.05) is 19.0 Å². The van der Waals surface area contributed by atoms with Gasteiger partial charge in [0.2, 0.25) is 0 Å². The zero-order chi connectivity index (χ0) is 23.3. The van der Waals surface area contributed by atoms with Crippen LogP contribution in [0.3, 0.4) is 0 Å². The van der Waals surface area contributed by atoms with Gasteiger partial charge in [-0.3, -0.25) is 4.79 Å². The Morgan fingerprint density at radius 2 is 1.66 bits per heavy atom. The molecule has 170 valence electrons. The minimum absolute atomic E-state index is 0.0841. The minimum atomic E-state index is -6.89. The number of hydrogen-bond donors (Lipinski definition) is 1. The Labute approximate surface area is 159 Å². The molecule has 0 aromatic rings. The number of ether oxygens (including phenoxy) is 2. The average Bonchev–Trinajstić information content (AvgIpc) is 2.55. The molecule has 29 heavy (non-hydrogen) atoms. The molecular formula is C13H15F7NO7S-. The molecule has 0 saturated heterocycles. The van der Waals surface area contributed by atoms with Crippen molar-refractivity contribution < 1.29 is 62.8 Å². The number of esters is 1. The molecule has 0 spiro atoms. The Kier molecular flexibility index (Phi) is 8.63. The smallest absolute Gasteiger partial charge is 0.466 e. The second-order valence-corrected chi connectivity index (χ2v) is 6.69. The highest BCUT2D eigenvalue weighted by atomic mass is 32.2. The predicted octanol–water partition coefficient (Wildman–Crippen LogP) is 1.68. The summed E-state index contributed by atoms with van der Waals surface area (Å²) >= 11 is 0. The molecule has 8 nitrogen and oxygen atoms in total. The normalized spacial score (nSPS) is 15.3. The van der Waals surface area contributed by atoms with Crippen molar-refractivity contribution in [3.63, 3.8) is 0 Å². The summed E-state index contributed by atoms with van der Waals surface area (Å²) in [4.78, 5) is 23.1. The maximum absolute atomic E-state index is 13.4. The SMILES string of the molecule is C=CC(=O)OC(OCCC(F)(F)C(F)(F)S(=O)(=O)[O-])(C(=O)NCCC)C(F)(F)F. The largest absolute Gasteiger partial charge is 0.743 e. The van der Waals surface area contributed by atoms with Crippen LogP contribution in [-0.4, -0.2) is 61.1 Å². The van der Waals surface area contributed by atoms with Crippen molar-refractivity contribution >= 4 is 22.0 Å². The number of carbonyl (C=O) groups excluding carboxylic acids is 2. The van der Waals surface area contributed by atoms with Gasteiger partial charge in [-0.05, 0) is 6.42 Å². The van der Waals surface area contributed by atoms with E-state index in [0.717, 1.165) is 0 Å². The Hall–Kier alpha value is -1.94. The Morgan fingerprint density at radius 1 is 1.14 bits per heavy atom. The number of alkyl halides is 7. The van der Waals surface area contributed by atoms with Crippen LogP contribution in [0.15, 0.2) is 12.7 Å². The summed E-state index contributed by atoms with van der Waals surface area (Å²) in [5.41, 5.74) is 0. The van der Waals surface area contributed by atoms with Crippen molar-refractivity contribution in [2.45, 2.75) is 42.9 Å². The van der Waals surface area contributed by atoms with Crippen molar-refractivity contribution in [3.05, 3.63) is 12.7 Å². The van der Waals surface area contributed by atoms with Crippen LogP contribution in [-0.2, 0) is 29.2 Å². The van der Waals surface area contributed by atoms with Crippen LogP contribution in [0.2, 0.25) is 0 Å². The standard InChI is InChI=1S/C13H16F7NO7S/c1-3-6-21-9(23)11(12(16,17)18,28-8(22)4-2)27-7-5-10(14,15)13(19,20)29(24,25)26/h4H,2-3,5-7H2,1H3,(H,21,23)(H,24,25,26)/p-1. The molecule has 0 aliphatic rings. The van der Waals surface area contributed by atoms with Gasteiger partial charge < -0.3 is 19.3 Å². The molecule has 16 heteroatoms. The first-order valence-corrected chi connectivity index (χ1v) is 8.86. The topological polar surface area (TPSA) is 122 Å². The molecular weight excluding hydrogens is 447 g/mol. The third-order valence-corrected chi connectivity index (χ3v) is 4.01. The Bertz CT molecular complexity index is 724. The molecule has 1 unspecified atom stereocenters. The molecule has 0 aromatic carbocycles. The lowest BCUT2D eigenvalue weighted by molar-refractivity contribution is -0.349. The lowest BCUT2D eigenvalue weighted by Gasteiger charge is -2.34. The molecule has 0 heterocycles. The van der Waals surface area contributed by atoms with E-state index in [1.54, 1.807) is 5.32 Å². The molecule has 1 atom stereocenters. The molecule has 0 radical (unpaired) electrons. The molecule has 0 bridgehead atoms. The van der Waals surface area contributed by atoms with Gasteiger partial charge in [0.05, 0.1) is 6.61 Å². The van der Waals surface area contributed by atoms with Crippen molar-refractivity contribution in [1.29, 1.82) is 0 Å². The second-order valence-electron chi connectivity index (χ2n) is 5.27. The van der Waals surface area contributed by atoms with E-state index in [9.17, 15) is 53.3 Å². The number of carbonyl (C=O) groups is 2. The molecule has 0 aromatic heterocycles. The van der Waals surface area contributed by atoms with E-state index in [-0.39, 0.29) is 12.5 Å². The number of hydrogen-bond acceptors (Lipinski definition) is 7. The number of rotatable bonds is 11. The van der Waals surface area contributed by atoms with Crippen molar-refractivity contribution in [1.82, 2.24) is 5.32 Å². The van der Waals surface area contributed by atoms with Crippen LogP contribution >= 0.6 is 0 Å². The highest BCUT2D eigenvalue weighted by Crippen LogP contribution is 2.42. The summed E-state index contributed by atoms with van der Waals surface area (Å²) in [5, 5.41) is -4.55. The quantitative estimate of drug-likeness (QED) is 0.163. The van der Waals surface area contributed by atoms with Crippen LogP contribution in [0.4, 0.5) is 30.7 Å².